The number of para-hydroxylation sites is 1. The zero-order chi connectivity index (χ0) is 5.82. The van der Waals surface area contributed by atoms with Gasteiger partial charge >= 0.3 is 0 Å². The molecule has 8 heavy (non-hydrogen) atoms. The summed E-state index contributed by atoms with van der Waals surface area (Å²) in [5, 5.41) is 3.97. The lowest BCUT2D eigenvalue weighted by Gasteiger charge is -1.76. The minimum atomic E-state index is 1.03. The smallest absolute Gasteiger partial charge is 0.0618 e. The predicted molar refractivity (Wildman–Crippen MR) is 34.2 cm³/mol. The van der Waals surface area contributed by atoms with E-state index in [0.29, 0.717) is 0 Å². The van der Waals surface area contributed by atoms with Gasteiger partial charge in [-0.15, -0.1) is 0 Å². The third kappa shape index (κ3) is 1.07. The van der Waals surface area contributed by atoms with Crippen molar-refractivity contribution in [2.24, 2.45) is 0 Å². The molecule has 0 aliphatic heterocycles. The van der Waals surface area contributed by atoms with Crippen LogP contribution in [0.2, 0.25) is 0 Å². The third-order valence-electron chi connectivity index (χ3n) is 1.01. The van der Waals surface area contributed by atoms with Gasteiger partial charge in [-0.05, 0) is 0 Å². The van der Waals surface area contributed by atoms with Crippen LogP contribution in [0.3, 0.4) is 0 Å². The molecule has 1 aromatic rings. The molecule has 0 bridgehead atoms. The number of nitrogens with zero attached hydrogens (tertiary/aromatic N) is 1. The topological polar surface area (TPSA) is 14.1 Å². The van der Waals surface area contributed by atoms with E-state index in [-0.39, 0.29) is 0 Å². The van der Waals surface area contributed by atoms with E-state index in [0.717, 1.165) is 5.69 Å². The molecule has 1 nitrogen and oxygen atoms in total. The van der Waals surface area contributed by atoms with Crippen LogP contribution in [0.25, 0.3) is 0 Å². The van der Waals surface area contributed by atoms with E-state index in [1.807, 2.05) is 30.3 Å². The molecule has 0 heterocycles. The SMILES string of the molecule is C[N+]c1ccccc1. The molecule has 0 unspecified atom stereocenters. The largest absolute Gasteiger partial charge is 0.244 e. The molecule has 0 amide bonds. The quantitative estimate of drug-likeness (QED) is 0.515. The maximum Gasteiger partial charge on any atom is 0.244 e. The van der Waals surface area contributed by atoms with Crippen molar-refractivity contribution < 1.29 is 0 Å². The van der Waals surface area contributed by atoms with Crippen LogP contribution < -0.4 is 5.32 Å². The van der Waals surface area contributed by atoms with Crippen molar-refractivity contribution in [1.82, 2.24) is 5.32 Å². The average molecular weight is 106 g/mol. The summed E-state index contributed by atoms with van der Waals surface area (Å²) in [4.78, 5) is 0. The zero-order valence-electron chi connectivity index (χ0n) is 4.83. The van der Waals surface area contributed by atoms with E-state index in [1.54, 1.807) is 7.05 Å². The average Bonchev–Trinajstić information content (AvgIpc) is 1.90. The Morgan fingerprint density at radius 1 is 1.12 bits per heavy atom. The van der Waals surface area contributed by atoms with E-state index in [2.05, 4.69) is 5.32 Å². The van der Waals surface area contributed by atoms with Crippen molar-refractivity contribution in [1.29, 1.82) is 0 Å². The normalized spacial score (nSPS) is 9.12. The maximum atomic E-state index is 3.97. The summed E-state index contributed by atoms with van der Waals surface area (Å²) in [6.45, 7) is 0. The van der Waals surface area contributed by atoms with Gasteiger partial charge in [0, 0.05) is 12.1 Å². The first kappa shape index (κ1) is 5.32. The highest BCUT2D eigenvalue weighted by atomic mass is 14.8. The minimum Gasteiger partial charge on any atom is -0.0618 e. The van der Waals surface area contributed by atoms with Gasteiger partial charge in [0.05, 0.1) is 5.32 Å². The Hall–Kier alpha value is -0.820. The highest BCUT2D eigenvalue weighted by Crippen LogP contribution is 2.01. The fourth-order valence-electron chi connectivity index (χ4n) is 0.577. The molecule has 1 rings (SSSR count). The van der Waals surface area contributed by atoms with Crippen LogP contribution in [0.5, 0.6) is 0 Å². The second kappa shape index (κ2) is 2.48. The van der Waals surface area contributed by atoms with E-state index >= 15 is 0 Å². The van der Waals surface area contributed by atoms with Gasteiger partial charge in [0.2, 0.25) is 5.69 Å². The van der Waals surface area contributed by atoms with Crippen LogP contribution in [0.15, 0.2) is 30.3 Å². The van der Waals surface area contributed by atoms with Crippen LogP contribution in [0.4, 0.5) is 5.69 Å². The summed E-state index contributed by atoms with van der Waals surface area (Å²) in [6, 6.07) is 9.87. The monoisotopic (exact) mass is 106 g/mol. The van der Waals surface area contributed by atoms with Crippen molar-refractivity contribution in [3.63, 3.8) is 0 Å². The molecule has 0 aliphatic rings. The molecule has 0 saturated heterocycles. The lowest BCUT2D eigenvalue weighted by molar-refractivity contribution is 1.09. The third-order valence-corrected chi connectivity index (χ3v) is 1.01. The van der Waals surface area contributed by atoms with E-state index in [4.69, 9.17) is 0 Å². The molecular weight excluding hydrogens is 98.1 g/mol. The van der Waals surface area contributed by atoms with E-state index < -0.39 is 0 Å². The van der Waals surface area contributed by atoms with Crippen molar-refractivity contribution in [2.45, 2.75) is 0 Å². The van der Waals surface area contributed by atoms with Gasteiger partial charge in [-0.25, -0.2) is 0 Å². The summed E-state index contributed by atoms with van der Waals surface area (Å²) in [5.74, 6) is 0. The Balaban J connectivity index is 2.83. The second-order valence-electron chi connectivity index (χ2n) is 1.56. The molecule has 40 valence electrons. The van der Waals surface area contributed by atoms with E-state index in [1.165, 1.54) is 0 Å². The minimum absolute atomic E-state index is 1.03. The molecule has 1 heteroatoms. The maximum absolute atomic E-state index is 3.97. The Labute approximate surface area is 49.3 Å². The van der Waals surface area contributed by atoms with Crippen molar-refractivity contribution >= 4 is 5.69 Å². The van der Waals surface area contributed by atoms with Gasteiger partial charge in [-0.2, -0.15) is 0 Å². The van der Waals surface area contributed by atoms with Crippen LogP contribution in [0.1, 0.15) is 0 Å². The summed E-state index contributed by atoms with van der Waals surface area (Å²) < 4.78 is 0. The highest BCUT2D eigenvalue weighted by molar-refractivity contribution is 5.33. The van der Waals surface area contributed by atoms with Crippen molar-refractivity contribution in [2.75, 3.05) is 7.05 Å². The van der Waals surface area contributed by atoms with Crippen LogP contribution in [0, 0.1) is 0 Å². The van der Waals surface area contributed by atoms with Gasteiger partial charge in [0.1, 0.15) is 0 Å². The van der Waals surface area contributed by atoms with Gasteiger partial charge in [-0.1, -0.05) is 18.2 Å². The summed E-state index contributed by atoms with van der Waals surface area (Å²) >= 11 is 0. The first-order valence-electron chi connectivity index (χ1n) is 2.58. The Morgan fingerprint density at radius 2 is 1.75 bits per heavy atom. The van der Waals surface area contributed by atoms with Gasteiger partial charge in [-0.3, -0.25) is 0 Å². The number of hydrogen-bond acceptors (Lipinski definition) is 0. The van der Waals surface area contributed by atoms with Crippen molar-refractivity contribution in [3.05, 3.63) is 30.3 Å². The molecule has 0 N–H and O–H groups in total. The second-order valence-corrected chi connectivity index (χ2v) is 1.56. The molecule has 0 aliphatic carbocycles. The van der Waals surface area contributed by atoms with E-state index in [9.17, 15) is 0 Å². The number of hydrogen-bond donors (Lipinski definition) is 0. The summed E-state index contributed by atoms with van der Waals surface area (Å²) in [6.07, 6.45) is 0. The Morgan fingerprint density at radius 3 is 2.12 bits per heavy atom. The van der Waals surface area contributed by atoms with Crippen LogP contribution in [-0.4, -0.2) is 7.05 Å². The zero-order valence-corrected chi connectivity index (χ0v) is 4.83. The standard InChI is InChI=1S/C7H8N/c1-8-7-5-3-2-4-6-7/h2-6H,1H3/q+1. The van der Waals surface area contributed by atoms with Gasteiger partial charge in [0.25, 0.3) is 0 Å². The molecule has 0 saturated carbocycles. The predicted octanol–water partition coefficient (Wildman–Crippen LogP) is 1.55. The fraction of sp³-hybridized carbons (Fsp3) is 0.143. The van der Waals surface area contributed by atoms with Crippen LogP contribution >= 0.6 is 0 Å². The molecule has 0 atom stereocenters. The van der Waals surface area contributed by atoms with Crippen molar-refractivity contribution in [3.8, 4) is 0 Å². The summed E-state index contributed by atoms with van der Waals surface area (Å²) in [5.41, 5.74) is 1.03. The molecule has 2 radical (unpaired) electrons. The Bertz CT molecular complexity index is 146. The molecule has 1 aromatic carbocycles. The molecule has 0 spiro atoms. The Kier molecular flexibility index (Phi) is 1.65. The van der Waals surface area contributed by atoms with Gasteiger partial charge in [0.15, 0.2) is 7.05 Å². The van der Waals surface area contributed by atoms with Crippen LogP contribution in [-0.2, 0) is 0 Å². The number of benzene rings is 1. The summed E-state index contributed by atoms with van der Waals surface area (Å²) in [7, 11) is 1.79. The lowest BCUT2D eigenvalue weighted by atomic mass is 10.3. The molecule has 0 fully saturated rings. The lowest BCUT2D eigenvalue weighted by Crippen LogP contribution is -1.82. The van der Waals surface area contributed by atoms with Gasteiger partial charge < -0.3 is 0 Å². The number of rotatable bonds is 1. The first-order valence-corrected chi connectivity index (χ1v) is 2.58. The first-order chi connectivity index (χ1) is 3.93. The molecule has 0 aromatic heterocycles. The molecular formula is C7H8N+. The fourth-order valence-corrected chi connectivity index (χ4v) is 0.577. The highest BCUT2D eigenvalue weighted by Gasteiger charge is 1.95.